The van der Waals surface area contributed by atoms with Crippen LogP contribution >= 0.6 is 11.8 Å². The first-order chi connectivity index (χ1) is 9.74. The number of halogens is 1. The zero-order valence-corrected chi connectivity index (χ0v) is 12.3. The summed E-state index contributed by atoms with van der Waals surface area (Å²) >= 11 is 1.93. The Morgan fingerprint density at radius 3 is 2.70 bits per heavy atom. The second-order valence-electron chi connectivity index (χ2n) is 5.17. The Balaban J connectivity index is 1.77. The Morgan fingerprint density at radius 2 is 1.90 bits per heavy atom. The van der Waals surface area contributed by atoms with Crippen molar-refractivity contribution in [3.8, 4) is 0 Å². The van der Waals surface area contributed by atoms with Crippen LogP contribution in [0, 0.1) is 5.82 Å². The molecule has 1 N–H and O–H groups in total. The molecule has 1 aliphatic heterocycles. The Kier molecular flexibility index (Phi) is 4.08. The number of nitrogens with one attached hydrogen (secondary N) is 1. The molecule has 1 nitrogen and oxygen atoms in total. The predicted octanol–water partition coefficient (Wildman–Crippen LogP) is 4.71. The molecule has 1 aliphatic rings. The quantitative estimate of drug-likeness (QED) is 0.877. The lowest BCUT2D eigenvalue weighted by Gasteiger charge is -2.29. The SMILES string of the molecule is C[C@H](NC1CCSc2ccccc21)c1ccc(F)cc1. The van der Waals surface area contributed by atoms with Gasteiger partial charge in [-0.25, -0.2) is 4.39 Å². The second kappa shape index (κ2) is 5.98. The van der Waals surface area contributed by atoms with Gasteiger partial charge in [0.15, 0.2) is 0 Å². The van der Waals surface area contributed by atoms with Gasteiger partial charge in [0, 0.05) is 17.0 Å². The lowest BCUT2D eigenvalue weighted by Crippen LogP contribution is -2.27. The molecule has 104 valence electrons. The van der Waals surface area contributed by atoms with Crippen LogP contribution in [-0.2, 0) is 0 Å². The molecule has 0 radical (unpaired) electrons. The van der Waals surface area contributed by atoms with Crippen molar-refractivity contribution in [2.75, 3.05) is 5.75 Å². The first-order valence-electron chi connectivity index (χ1n) is 6.97. The highest BCUT2D eigenvalue weighted by Gasteiger charge is 2.21. The van der Waals surface area contributed by atoms with Crippen LogP contribution in [-0.4, -0.2) is 5.75 Å². The van der Waals surface area contributed by atoms with E-state index in [1.54, 1.807) is 0 Å². The molecule has 20 heavy (non-hydrogen) atoms. The lowest BCUT2D eigenvalue weighted by molar-refractivity contribution is 0.449. The largest absolute Gasteiger partial charge is 0.303 e. The van der Waals surface area contributed by atoms with Crippen LogP contribution in [0.3, 0.4) is 0 Å². The Hall–Kier alpha value is -1.32. The molecular formula is C17H18FNS. The fraction of sp³-hybridized carbons (Fsp3) is 0.294. The van der Waals surface area contributed by atoms with Crippen molar-refractivity contribution < 1.29 is 4.39 Å². The molecule has 2 aromatic rings. The molecule has 1 heterocycles. The Labute approximate surface area is 123 Å². The van der Waals surface area contributed by atoms with Gasteiger partial charge < -0.3 is 5.32 Å². The average Bonchev–Trinajstić information content (AvgIpc) is 2.48. The van der Waals surface area contributed by atoms with E-state index < -0.39 is 0 Å². The standard InChI is InChI=1S/C17H18FNS/c1-12(13-6-8-14(18)9-7-13)19-16-10-11-20-17-5-3-2-4-15(16)17/h2-9,12,16,19H,10-11H2,1H3/t12-,16?/m0/s1. The molecule has 3 rings (SSSR count). The van der Waals surface area contributed by atoms with Crippen molar-refractivity contribution >= 4 is 11.8 Å². The highest BCUT2D eigenvalue weighted by atomic mass is 32.2. The highest BCUT2D eigenvalue weighted by Crippen LogP contribution is 2.36. The van der Waals surface area contributed by atoms with Crippen LogP contribution in [0.2, 0.25) is 0 Å². The normalized spacial score (nSPS) is 19.4. The minimum atomic E-state index is -0.180. The summed E-state index contributed by atoms with van der Waals surface area (Å²) in [5, 5.41) is 3.67. The van der Waals surface area contributed by atoms with Crippen molar-refractivity contribution in [1.29, 1.82) is 0 Å². The molecule has 0 saturated heterocycles. The zero-order chi connectivity index (χ0) is 13.9. The summed E-state index contributed by atoms with van der Waals surface area (Å²) in [6, 6.07) is 16.0. The van der Waals surface area contributed by atoms with Gasteiger partial charge in [-0.05, 0) is 48.4 Å². The van der Waals surface area contributed by atoms with Crippen LogP contribution in [0.1, 0.15) is 36.6 Å². The molecule has 0 amide bonds. The maximum atomic E-state index is 13.0. The van der Waals surface area contributed by atoms with E-state index in [4.69, 9.17) is 0 Å². The molecule has 0 spiro atoms. The lowest BCUT2D eigenvalue weighted by atomic mass is 10.0. The molecule has 2 aromatic carbocycles. The number of fused-ring (bicyclic) bond motifs is 1. The molecule has 3 heteroatoms. The Bertz CT molecular complexity index is 582. The third kappa shape index (κ3) is 2.89. The van der Waals surface area contributed by atoms with Crippen LogP contribution < -0.4 is 5.32 Å². The first kappa shape index (κ1) is 13.7. The van der Waals surface area contributed by atoms with Crippen LogP contribution in [0.25, 0.3) is 0 Å². The van der Waals surface area contributed by atoms with Crippen LogP contribution in [0.4, 0.5) is 4.39 Å². The molecule has 0 saturated carbocycles. The molecule has 0 aromatic heterocycles. The molecule has 2 atom stereocenters. The summed E-state index contributed by atoms with van der Waals surface area (Å²) in [5.41, 5.74) is 2.51. The van der Waals surface area contributed by atoms with Crippen molar-refractivity contribution in [2.24, 2.45) is 0 Å². The summed E-state index contributed by atoms with van der Waals surface area (Å²) in [4.78, 5) is 1.38. The van der Waals surface area contributed by atoms with E-state index in [0.717, 1.165) is 17.7 Å². The number of benzene rings is 2. The monoisotopic (exact) mass is 287 g/mol. The van der Waals surface area contributed by atoms with Gasteiger partial charge in [0.2, 0.25) is 0 Å². The first-order valence-corrected chi connectivity index (χ1v) is 7.96. The van der Waals surface area contributed by atoms with Gasteiger partial charge >= 0.3 is 0 Å². The summed E-state index contributed by atoms with van der Waals surface area (Å²) < 4.78 is 13.0. The minimum Gasteiger partial charge on any atom is -0.303 e. The van der Waals surface area contributed by atoms with Gasteiger partial charge in [0.1, 0.15) is 5.82 Å². The fourth-order valence-electron chi connectivity index (χ4n) is 2.66. The van der Waals surface area contributed by atoms with E-state index in [-0.39, 0.29) is 11.9 Å². The molecule has 0 bridgehead atoms. The summed E-state index contributed by atoms with van der Waals surface area (Å²) in [6.45, 7) is 2.14. The van der Waals surface area contributed by atoms with E-state index in [1.165, 1.54) is 22.6 Å². The van der Waals surface area contributed by atoms with E-state index >= 15 is 0 Å². The van der Waals surface area contributed by atoms with Gasteiger partial charge in [0.05, 0.1) is 0 Å². The van der Waals surface area contributed by atoms with Crippen molar-refractivity contribution in [1.82, 2.24) is 5.32 Å². The Morgan fingerprint density at radius 1 is 1.15 bits per heavy atom. The van der Waals surface area contributed by atoms with Crippen molar-refractivity contribution in [3.63, 3.8) is 0 Å². The molecule has 0 aliphatic carbocycles. The van der Waals surface area contributed by atoms with Gasteiger partial charge in [-0.3, -0.25) is 0 Å². The van der Waals surface area contributed by atoms with Crippen LogP contribution in [0.15, 0.2) is 53.4 Å². The highest BCUT2D eigenvalue weighted by molar-refractivity contribution is 7.99. The maximum absolute atomic E-state index is 13.0. The summed E-state index contributed by atoms with van der Waals surface area (Å²) in [5.74, 6) is 0.963. The van der Waals surface area contributed by atoms with E-state index in [9.17, 15) is 4.39 Å². The third-order valence-electron chi connectivity index (χ3n) is 3.78. The number of hydrogen-bond donors (Lipinski definition) is 1. The van der Waals surface area contributed by atoms with Crippen LogP contribution in [0.5, 0.6) is 0 Å². The molecule has 0 fully saturated rings. The van der Waals surface area contributed by atoms with Gasteiger partial charge in [-0.1, -0.05) is 30.3 Å². The summed E-state index contributed by atoms with van der Waals surface area (Å²) in [7, 11) is 0. The van der Waals surface area contributed by atoms with Crippen molar-refractivity contribution in [2.45, 2.75) is 30.3 Å². The number of hydrogen-bond acceptors (Lipinski definition) is 2. The topological polar surface area (TPSA) is 12.0 Å². The maximum Gasteiger partial charge on any atom is 0.123 e. The molecular weight excluding hydrogens is 269 g/mol. The molecule has 1 unspecified atom stereocenters. The van der Waals surface area contributed by atoms with E-state index in [1.807, 2.05) is 23.9 Å². The number of thioether (sulfide) groups is 1. The number of rotatable bonds is 3. The summed E-state index contributed by atoms with van der Waals surface area (Å²) in [6.07, 6.45) is 1.13. The van der Waals surface area contributed by atoms with Gasteiger partial charge in [0.25, 0.3) is 0 Å². The fourth-order valence-corrected chi connectivity index (χ4v) is 3.79. The second-order valence-corrected chi connectivity index (χ2v) is 6.30. The smallest absolute Gasteiger partial charge is 0.123 e. The third-order valence-corrected chi connectivity index (χ3v) is 4.90. The van der Waals surface area contributed by atoms with E-state index in [2.05, 4.69) is 36.5 Å². The van der Waals surface area contributed by atoms with Gasteiger partial charge in [-0.15, -0.1) is 11.8 Å². The van der Waals surface area contributed by atoms with Crippen molar-refractivity contribution in [3.05, 3.63) is 65.5 Å². The predicted molar refractivity (Wildman–Crippen MR) is 82.5 cm³/mol. The van der Waals surface area contributed by atoms with Gasteiger partial charge in [-0.2, -0.15) is 0 Å². The zero-order valence-electron chi connectivity index (χ0n) is 11.5. The van der Waals surface area contributed by atoms with E-state index in [0.29, 0.717) is 6.04 Å². The average molecular weight is 287 g/mol. The minimum absolute atomic E-state index is 0.180.